The summed E-state index contributed by atoms with van der Waals surface area (Å²) in [5, 5.41) is 32.6. The van der Waals surface area contributed by atoms with E-state index in [0.717, 1.165) is 16.6 Å². The van der Waals surface area contributed by atoms with Crippen molar-refractivity contribution in [2.45, 2.75) is 32.7 Å². The predicted molar refractivity (Wildman–Crippen MR) is 94.4 cm³/mol. The second kappa shape index (κ2) is 7.16. The van der Waals surface area contributed by atoms with Crippen molar-refractivity contribution < 1.29 is 19.6 Å². The standard InChI is InChI=1S/C16H15N5O5S/c1-8-18-6-14(21(25)26)20(8)7-13(22)19-15-11(5-17)10-3-2-9(16(23)24)4-12(10)27-15/h6,9H,2-4,7H2,1H3,(H,19,22)(H,23,24). The fourth-order valence-corrected chi connectivity index (χ4v) is 4.40. The Hall–Kier alpha value is -3.26. The van der Waals surface area contributed by atoms with E-state index in [1.54, 1.807) is 6.92 Å². The van der Waals surface area contributed by atoms with E-state index in [1.807, 2.05) is 0 Å². The Morgan fingerprint density at radius 3 is 2.96 bits per heavy atom. The molecule has 0 aliphatic heterocycles. The Labute approximate surface area is 157 Å². The maximum absolute atomic E-state index is 12.4. The number of aromatic nitrogens is 2. The first-order chi connectivity index (χ1) is 12.8. The Balaban J connectivity index is 1.82. The number of rotatable bonds is 5. The Kier molecular flexibility index (Phi) is 4.91. The van der Waals surface area contributed by atoms with Crippen LogP contribution in [-0.2, 0) is 29.0 Å². The molecule has 1 atom stereocenters. The molecule has 0 radical (unpaired) electrons. The smallest absolute Gasteiger partial charge is 0.343 e. The number of nitro groups is 1. The zero-order chi connectivity index (χ0) is 19.7. The van der Waals surface area contributed by atoms with Crippen LogP contribution in [0.1, 0.15) is 28.2 Å². The number of fused-ring (bicyclic) bond motifs is 1. The van der Waals surface area contributed by atoms with Crippen molar-refractivity contribution in [2.75, 3.05) is 5.32 Å². The molecular formula is C16H15N5O5S. The topological polar surface area (TPSA) is 151 Å². The molecular weight excluding hydrogens is 374 g/mol. The number of nitrogens with zero attached hydrogens (tertiary/aromatic N) is 4. The van der Waals surface area contributed by atoms with Crippen LogP contribution < -0.4 is 5.32 Å². The van der Waals surface area contributed by atoms with Gasteiger partial charge in [0.15, 0.2) is 12.4 Å². The van der Waals surface area contributed by atoms with Gasteiger partial charge in [-0.15, -0.1) is 11.3 Å². The van der Waals surface area contributed by atoms with Crippen LogP contribution >= 0.6 is 11.3 Å². The number of nitriles is 1. The molecule has 1 aliphatic carbocycles. The second-order valence-corrected chi connectivity index (χ2v) is 7.26. The van der Waals surface area contributed by atoms with Crippen molar-refractivity contribution in [1.29, 1.82) is 5.26 Å². The van der Waals surface area contributed by atoms with Gasteiger partial charge < -0.3 is 20.5 Å². The fraction of sp³-hybridized carbons (Fsp3) is 0.375. The number of aryl methyl sites for hydroxylation is 1. The van der Waals surface area contributed by atoms with Crippen molar-refractivity contribution in [3.05, 3.63) is 38.1 Å². The minimum atomic E-state index is -0.874. The molecule has 1 amide bonds. The number of aliphatic carboxylic acids is 1. The van der Waals surface area contributed by atoms with E-state index in [-0.39, 0.29) is 12.4 Å². The summed E-state index contributed by atoms with van der Waals surface area (Å²) in [6.07, 6.45) is 2.32. The molecule has 0 saturated heterocycles. The van der Waals surface area contributed by atoms with Gasteiger partial charge in [0.05, 0.1) is 11.5 Å². The normalized spacial score (nSPS) is 15.6. The highest BCUT2D eigenvalue weighted by atomic mass is 32.1. The number of thiophene rings is 1. The first-order valence-corrected chi connectivity index (χ1v) is 8.87. The molecule has 1 unspecified atom stereocenters. The van der Waals surface area contributed by atoms with Gasteiger partial charge in [-0.3, -0.25) is 9.59 Å². The molecule has 0 saturated carbocycles. The molecule has 0 fully saturated rings. The van der Waals surface area contributed by atoms with E-state index >= 15 is 0 Å². The lowest BCUT2D eigenvalue weighted by Crippen LogP contribution is -2.21. The van der Waals surface area contributed by atoms with E-state index < -0.39 is 22.7 Å². The highest BCUT2D eigenvalue weighted by Crippen LogP contribution is 2.39. The lowest BCUT2D eigenvalue weighted by Gasteiger charge is -2.17. The van der Waals surface area contributed by atoms with Crippen molar-refractivity contribution in [1.82, 2.24) is 9.55 Å². The maximum atomic E-state index is 12.4. The van der Waals surface area contributed by atoms with Crippen molar-refractivity contribution in [2.24, 2.45) is 5.92 Å². The Morgan fingerprint density at radius 2 is 2.33 bits per heavy atom. The van der Waals surface area contributed by atoms with Gasteiger partial charge in [0, 0.05) is 11.8 Å². The number of imidazole rings is 1. The van der Waals surface area contributed by atoms with Crippen molar-refractivity contribution in [3.8, 4) is 6.07 Å². The van der Waals surface area contributed by atoms with Gasteiger partial charge in [-0.25, -0.2) is 9.55 Å². The monoisotopic (exact) mass is 389 g/mol. The molecule has 2 aromatic rings. The van der Waals surface area contributed by atoms with Gasteiger partial charge >= 0.3 is 11.8 Å². The number of carbonyl (C=O) groups is 2. The molecule has 10 nitrogen and oxygen atoms in total. The van der Waals surface area contributed by atoms with Crippen LogP contribution in [0.2, 0.25) is 0 Å². The minimum Gasteiger partial charge on any atom is -0.481 e. The van der Waals surface area contributed by atoms with Crippen LogP contribution in [0.5, 0.6) is 0 Å². The maximum Gasteiger partial charge on any atom is 0.343 e. The third-order valence-corrected chi connectivity index (χ3v) is 5.67. The SMILES string of the molecule is Cc1ncc([N+](=O)[O-])n1CC(=O)Nc1sc2c(c1C#N)CCC(C(=O)O)C2. The molecule has 11 heteroatoms. The molecule has 0 aromatic carbocycles. The first-order valence-electron chi connectivity index (χ1n) is 8.05. The van der Waals surface area contributed by atoms with E-state index in [1.165, 1.54) is 15.9 Å². The second-order valence-electron chi connectivity index (χ2n) is 6.15. The summed E-state index contributed by atoms with van der Waals surface area (Å²) in [5.74, 6) is -1.86. The molecule has 2 N–H and O–H groups in total. The zero-order valence-corrected chi connectivity index (χ0v) is 15.1. The highest BCUT2D eigenvalue weighted by Gasteiger charge is 2.30. The summed E-state index contributed by atoms with van der Waals surface area (Å²) >= 11 is 1.19. The lowest BCUT2D eigenvalue weighted by molar-refractivity contribution is -0.392. The van der Waals surface area contributed by atoms with Gasteiger partial charge in [-0.05, 0) is 29.7 Å². The minimum absolute atomic E-state index is 0.294. The van der Waals surface area contributed by atoms with Crippen LogP contribution in [-0.4, -0.2) is 31.5 Å². The number of hydrogen-bond acceptors (Lipinski definition) is 7. The van der Waals surface area contributed by atoms with Crippen LogP contribution in [0.3, 0.4) is 0 Å². The van der Waals surface area contributed by atoms with Crippen LogP contribution in [0, 0.1) is 34.3 Å². The number of nitrogens with one attached hydrogen (secondary N) is 1. The van der Waals surface area contributed by atoms with E-state index in [0.29, 0.717) is 35.7 Å². The number of anilines is 1. The largest absolute Gasteiger partial charge is 0.481 e. The number of amides is 1. The molecule has 0 spiro atoms. The third kappa shape index (κ3) is 3.52. The number of carboxylic acid groups (broad SMARTS) is 1. The molecule has 2 aromatic heterocycles. The lowest BCUT2D eigenvalue weighted by atomic mass is 9.87. The Morgan fingerprint density at radius 1 is 1.59 bits per heavy atom. The quantitative estimate of drug-likeness (QED) is 0.585. The number of carboxylic acids is 1. The van der Waals surface area contributed by atoms with Gasteiger partial charge in [-0.2, -0.15) is 5.26 Å². The summed E-state index contributed by atoms with van der Waals surface area (Å²) in [4.78, 5) is 38.6. The van der Waals surface area contributed by atoms with E-state index in [2.05, 4.69) is 16.4 Å². The van der Waals surface area contributed by atoms with Gasteiger partial charge in [0.2, 0.25) is 0 Å². The van der Waals surface area contributed by atoms with Crippen LogP contribution in [0.15, 0.2) is 6.20 Å². The predicted octanol–water partition coefficient (Wildman–Crippen LogP) is 1.86. The van der Waals surface area contributed by atoms with Crippen molar-refractivity contribution in [3.63, 3.8) is 0 Å². The summed E-state index contributed by atoms with van der Waals surface area (Å²) in [5.41, 5.74) is 1.11. The Bertz CT molecular complexity index is 986. The molecule has 140 valence electrons. The van der Waals surface area contributed by atoms with Crippen LogP contribution in [0.25, 0.3) is 0 Å². The van der Waals surface area contributed by atoms with Crippen LogP contribution in [0.4, 0.5) is 10.8 Å². The molecule has 27 heavy (non-hydrogen) atoms. The first kappa shape index (κ1) is 18.5. The van der Waals surface area contributed by atoms with E-state index in [4.69, 9.17) is 0 Å². The summed E-state index contributed by atoms with van der Waals surface area (Å²) in [6.45, 7) is 1.24. The third-order valence-electron chi connectivity index (χ3n) is 4.50. The number of hydrogen-bond donors (Lipinski definition) is 2. The summed E-state index contributed by atoms with van der Waals surface area (Å²) in [7, 11) is 0. The van der Waals surface area contributed by atoms with Gasteiger partial charge in [0.1, 0.15) is 17.3 Å². The van der Waals surface area contributed by atoms with Gasteiger partial charge in [-0.1, -0.05) is 0 Å². The average Bonchev–Trinajstić information content (AvgIpc) is 3.14. The summed E-state index contributed by atoms with van der Waals surface area (Å²) in [6, 6.07) is 2.07. The molecule has 1 aliphatic rings. The fourth-order valence-electron chi connectivity index (χ4n) is 3.11. The summed E-state index contributed by atoms with van der Waals surface area (Å²) < 4.78 is 1.18. The van der Waals surface area contributed by atoms with Gasteiger partial charge in [0.25, 0.3) is 5.91 Å². The van der Waals surface area contributed by atoms with Crippen molar-refractivity contribution >= 4 is 34.0 Å². The highest BCUT2D eigenvalue weighted by molar-refractivity contribution is 7.16. The zero-order valence-electron chi connectivity index (χ0n) is 14.3. The molecule has 0 bridgehead atoms. The molecule has 3 rings (SSSR count). The van der Waals surface area contributed by atoms with E-state index in [9.17, 15) is 30.1 Å². The average molecular weight is 389 g/mol. The molecule has 2 heterocycles. The number of carbonyl (C=O) groups excluding carboxylic acids is 1.